The summed E-state index contributed by atoms with van der Waals surface area (Å²) in [4.78, 5) is 2.35. The molecule has 0 spiro atoms. The van der Waals surface area contributed by atoms with Crippen molar-refractivity contribution in [3.05, 3.63) is 103 Å². The standard InChI is InChI=1S/C30H35N2O/c1-8-19-31-25-14-11-10-13-23(25)29(3,4)27(31)15-12-16-28-30(5,6)24-21-22(33-7)17-18-26(24)32(28)20-9-2/h8-18,21H,1-2,19-20H2,3-7H3/q+1. The van der Waals surface area contributed by atoms with Gasteiger partial charge >= 0.3 is 0 Å². The molecule has 33 heavy (non-hydrogen) atoms. The largest absolute Gasteiger partial charge is 0.497 e. The van der Waals surface area contributed by atoms with Crippen molar-refractivity contribution in [2.75, 3.05) is 25.1 Å². The molecule has 0 fully saturated rings. The molecule has 0 aliphatic carbocycles. The summed E-state index contributed by atoms with van der Waals surface area (Å²) in [6.45, 7) is 18.7. The van der Waals surface area contributed by atoms with Gasteiger partial charge in [-0.3, -0.25) is 0 Å². The summed E-state index contributed by atoms with van der Waals surface area (Å²) in [6, 6.07) is 15.0. The van der Waals surface area contributed by atoms with Crippen LogP contribution in [0.5, 0.6) is 5.75 Å². The second kappa shape index (κ2) is 8.55. The van der Waals surface area contributed by atoms with E-state index in [-0.39, 0.29) is 10.8 Å². The number of benzene rings is 2. The number of anilines is 1. The molecule has 2 aliphatic rings. The Morgan fingerprint density at radius 1 is 0.970 bits per heavy atom. The van der Waals surface area contributed by atoms with Crippen molar-refractivity contribution >= 4 is 17.1 Å². The van der Waals surface area contributed by atoms with Crippen molar-refractivity contribution in [2.45, 2.75) is 38.5 Å². The van der Waals surface area contributed by atoms with Crippen molar-refractivity contribution < 1.29 is 9.31 Å². The smallest absolute Gasteiger partial charge is 0.210 e. The molecule has 3 nitrogen and oxygen atoms in total. The molecule has 0 amide bonds. The summed E-state index contributed by atoms with van der Waals surface area (Å²) in [6.07, 6.45) is 10.7. The summed E-state index contributed by atoms with van der Waals surface area (Å²) in [7, 11) is 1.72. The zero-order valence-electron chi connectivity index (χ0n) is 20.6. The number of allylic oxidation sites excluding steroid dienone is 4. The molecule has 0 saturated carbocycles. The van der Waals surface area contributed by atoms with Gasteiger partial charge in [0.15, 0.2) is 12.3 Å². The molecular weight excluding hydrogens is 404 g/mol. The lowest BCUT2D eigenvalue weighted by molar-refractivity contribution is -0.425. The van der Waals surface area contributed by atoms with Gasteiger partial charge in [-0.2, -0.15) is 4.58 Å². The molecule has 2 heterocycles. The lowest BCUT2D eigenvalue weighted by Gasteiger charge is -2.26. The maximum absolute atomic E-state index is 5.51. The Balaban J connectivity index is 1.77. The Morgan fingerprint density at radius 3 is 2.42 bits per heavy atom. The summed E-state index contributed by atoms with van der Waals surface area (Å²) >= 11 is 0. The Hall–Kier alpha value is -3.33. The predicted molar refractivity (Wildman–Crippen MR) is 140 cm³/mol. The molecular formula is C30H35N2O+. The van der Waals surface area contributed by atoms with Crippen LogP contribution in [0.3, 0.4) is 0 Å². The summed E-state index contributed by atoms with van der Waals surface area (Å²) in [5.41, 5.74) is 7.44. The highest BCUT2D eigenvalue weighted by atomic mass is 16.5. The fraction of sp³-hybridized carbons (Fsp3) is 0.300. The molecule has 2 aromatic carbocycles. The van der Waals surface area contributed by atoms with E-state index < -0.39 is 0 Å². The van der Waals surface area contributed by atoms with Crippen LogP contribution >= 0.6 is 0 Å². The van der Waals surface area contributed by atoms with Crippen LogP contribution in [0.4, 0.5) is 11.4 Å². The number of hydrogen-bond donors (Lipinski definition) is 0. The maximum atomic E-state index is 5.51. The number of fused-ring (bicyclic) bond motifs is 2. The van der Waals surface area contributed by atoms with Gasteiger partial charge in [0.1, 0.15) is 5.75 Å². The minimum Gasteiger partial charge on any atom is -0.497 e. The molecule has 0 aromatic heterocycles. The molecule has 0 bridgehead atoms. The van der Waals surface area contributed by atoms with Crippen molar-refractivity contribution in [1.82, 2.24) is 0 Å². The van der Waals surface area contributed by atoms with Crippen LogP contribution in [-0.2, 0) is 10.8 Å². The Kier molecular flexibility index (Phi) is 5.92. The van der Waals surface area contributed by atoms with Gasteiger partial charge in [0.2, 0.25) is 5.69 Å². The van der Waals surface area contributed by atoms with Crippen molar-refractivity contribution in [3.63, 3.8) is 0 Å². The first-order valence-corrected chi connectivity index (χ1v) is 11.6. The van der Waals surface area contributed by atoms with Gasteiger partial charge in [-0.1, -0.05) is 50.8 Å². The Morgan fingerprint density at radius 2 is 1.73 bits per heavy atom. The molecule has 0 saturated heterocycles. The molecule has 0 N–H and O–H groups in total. The molecule has 3 heteroatoms. The molecule has 0 radical (unpaired) electrons. The normalized spacial score (nSPS) is 19.2. The third-order valence-electron chi connectivity index (χ3n) is 7.03. The second-order valence-electron chi connectivity index (χ2n) is 9.75. The van der Waals surface area contributed by atoms with Crippen LogP contribution in [0, 0.1) is 0 Å². The van der Waals surface area contributed by atoms with E-state index in [0.29, 0.717) is 0 Å². The zero-order valence-corrected chi connectivity index (χ0v) is 20.6. The first-order valence-electron chi connectivity index (χ1n) is 11.6. The van der Waals surface area contributed by atoms with E-state index in [1.165, 1.54) is 33.9 Å². The molecule has 2 aromatic rings. The molecule has 0 atom stereocenters. The number of hydrogen-bond acceptors (Lipinski definition) is 2. The highest BCUT2D eigenvalue weighted by Gasteiger charge is 2.44. The third kappa shape index (κ3) is 3.66. The lowest BCUT2D eigenvalue weighted by Crippen LogP contribution is -2.28. The van der Waals surface area contributed by atoms with Gasteiger partial charge in [0, 0.05) is 41.1 Å². The van der Waals surface area contributed by atoms with E-state index in [1.54, 1.807) is 7.11 Å². The van der Waals surface area contributed by atoms with Crippen LogP contribution in [0.2, 0.25) is 0 Å². The zero-order chi connectivity index (χ0) is 23.8. The highest BCUT2D eigenvalue weighted by molar-refractivity contribution is 6.03. The quantitative estimate of drug-likeness (QED) is 0.353. The van der Waals surface area contributed by atoms with Gasteiger partial charge in [0.05, 0.1) is 12.5 Å². The summed E-state index contributed by atoms with van der Waals surface area (Å²) in [5, 5.41) is 0. The van der Waals surface area contributed by atoms with Crippen LogP contribution in [0.25, 0.3) is 0 Å². The van der Waals surface area contributed by atoms with Crippen LogP contribution < -0.4 is 9.64 Å². The topological polar surface area (TPSA) is 15.5 Å². The summed E-state index contributed by atoms with van der Waals surface area (Å²) in [5.74, 6) is 0.887. The fourth-order valence-corrected chi connectivity index (χ4v) is 5.30. The van der Waals surface area contributed by atoms with Gasteiger partial charge in [-0.15, -0.1) is 6.58 Å². The monoisotopic (exact) mass is 439 g/mol. The van der Waals surface area contributed by atoms with Crippen molar-refractivity contribution in [3.8, 4) is 5.75 Å². The molecule has 170 valence electrons. The third-order valence-corrected chi connectivity index (χ3v) is 7.03. The molecule has 4 rings (SSSR count). The number of ether oxygens (including phenoxy) is 1. The summed E-state index contributed by atoms with van der Waals surface area (Å²) < 4.78 is 7.88. The number of para-hydroxylation sites is 1. The average molecular weight is 440 g/mol. The van der Waals surface area contributed by atoms with E-state index in [4.69, 9.17) is 4.74 Å². The first-order chi connectivity index (χ1) is 15.8. The van der Waals surface area contributed by atoms with Crippen LogP contribution in [-0.4, -0.2) is 30.5 Å². The lowest BCUT2D eigenvalue weighted by atomic mass is 9.81. The maximum Gasteiger partial charge on any atom is 0.210 e. The Bertz CT molecular complexity index is 1190. The van der Waals surface area contributed by atoms with E-state index >= 15 is 0 Å². The van der Waals surface area contributed by atoms with E-state index in [1.807, 2.05) is 18.2 Å². The van der Waals surface area contributed by atoms with Crippen molar-refractivity contribution in [1.29, 1.82) is 0 Å². The SMILES string of the molecule is C=CCN1C(=CC=CC2=[N+](CC=C)c3ccccc3C2(C)C)C(C)(C)c2cc(OC)ccc21. The van der Waals surface area contributed by atoms with E-state index in [9.17, 15) is 0 Å². The van der Waals surface area contributed by atoms with Gasteiger partial charge in [0.25, 0.3) is 0 Å². The number of rotatable bonds is 7. The number of nitrogens with zero attached hydrogens (tertiary/aromatic N) is 2. The first kappa shape index (κ1) is 22.8. The van der Waals surface area contributed by atoms with Gasteiger partial charge in [-0.05, 0) is 49.8 Å². The highest BCUT2D eigenvalue weighted by Crippen LogP contribution is 2.49. The fourth-order valence-electron chi connectivity index (χ4n) is 5.30. The Labute approximate surface area is 198 Å². The second-order valence-corrected chi connectivity index (χ2v) is 9.75. The van der Waals surface area contributed by atoms with Crippen molar-refractivity contribution in [2.24, 2.45) is 0 Å². The van der Waals surface area contributed by atoms with Crippen LogP contribution in [0.1, 0.15) is 38.8 Å². The van der Waals surface area contributed by atoms with Crippen LogP contribution in [0.15, 0.2) is 91.7 Å². The predicted octanol–water partition coefficient (Wildman–Crippen LogP) is 6.68. The average Bonchev–Trinajstić information content (AvgIpc) is 3.14. The van der Waals surface area contributed by atoms with E-state index in [2.05, 4.69) is 105 Å². The van der Waals surface area contributed by atoms with Gasteiger partial charge in [-0.25, -0.2) is 0 Å². The molecule has 2 aliphatic heterocycles. The van der Waals surface area contributed by atoms with Gasteiger partial charge < -0.3 is 9.64 Å². The minimum absolute atomic E-state index is 0.0725. The number of methoxy groups -OCH3 is 1. The van der Waals surface area contributed by atoms with E-state index in [0.717, 1.165) is 18.8 Å². The minimum atomic E-state index is -0.142. The molecule has 0 unspecified atom stereocenters.